The predicted octanol–water partition coefficient (Wildman–Crippen LogP) is 2.71. The monoisotopic (exact) mass is 460 g/mol. The first-order valence-electron chi connectivity index (χ1n) is 11.6. The maximum absolute atomic E-state index is 13.3. The molecule has 2 aliphatic rings. The molecule has 5 rings (SSSR count). The molecule has 0 saturated carbocycles. The molecular formula is C26H28N4O4. The molecule has 1 aromatic carbocycles. The minimum atomic E-state index is -0.671. The molecule has 34 heavy (non-hydrogen) atoms. The molecule has 3 aromatic rings. The highest BCUT2D eigenvalue weighted by molar-refractivity contribution is 6.46. The summed E-state index contributed by atoms with van der Waals surface area (Å²) in [6.45, 7) is 7.66. The van der Waals surface area contributed by atoms with E-state index < -0.39 is 17.7 Å². The van der Waals surface area contributed by atoms with E-state index in [2.05, 4.69) is 9.88 Å². The first-order chi connectivity index (χ1) is 16.5. The standard InChI is InChI=1S/C26H28N4O4/c1-17-7-6-10-29-21(18(2)27-25(17)29)23(31)20-22(19-8-4-3-5-9-19)30(26(33)24(20)32)12-11-28-13-15-34-16-14-28/h3-10,22,31H,11-16H2,1-2H3. The minimum absolute atomic E-state index is 0.101. The summed E-state index contributed by atoms with van der Waals surface area (Å²) in [6.07, 6.45) is 1.81. The van der Waals surface area contributed by atoms with Gasteiger partial charge >= 0.3 is 0 Å². The summed E-state index contributed by atoms with van der Waals surface area (Å²) in [5.41, 5.74) is 3.58. The summed E-state index contributed by atoms with van der Waals surface area (Å²) < 4.78 is 7.20. The summed E-state index contributed by atoms with van der Waals surface area (Å²) in [6, 6.07) is 12.6. The van der Waals surface area contributed by atoms with E-state index in [0.717, 1.165) is 24.2 Å². The number of likely N-dealkylation sites (tertiary alicyclic amines) is 1. The Labute approximate surface area is 198 Å². The minimum Gasteiger partial charge on any atom is -0.505 e. The Bertz CT molecular complexity index is 1270. The van der Waals surface area contributed by atoms with Crippen LogP contribution in [-0.4, -0.2) is 75.4 Å². The molecule has 176 valence electrons. The van der Waals surface area contributed by atoms with Crippen LogP contribution in [-0.2, 0) is 14.3 Å². The molecule has 4 heterocycles. The number of Topliss-reactive ketones (excluding diaryl/α,β-unsaturated/α-hetero) is 1. The van der Waals surface area contributed by atoms with Crippen molar-refractivity contribution in [3.8, 4) is 0 Å². The van der Waals surface area contributed by atoms with Crippen molar-refractivity contribution < 1.29 is 19.4 Å². The van der Waals surface area contributed by atoms with Gasteiger partial charge in [-0.1, -0.05) is 36.4 Å². The molecule has 1 amide bonds. The lowest BCUT2D eigenvalue weighted by atomic mass is 9.96. The van der Waals surface area contributed by atoms with Gasteiger partial charge in [-0.3, -0.25) is 18.9 Å². The maximum atomic E-state index is 13.3. The maximum Gasteiger partial charge on any atom is 0.295 e. The number of amides is 1. The highest BCUT2D eigenvalue weighted by Crippen LogP contribution is 2.39. The number of nitrogens with zero attached hydrogens (tertiary/aromatic N) is 4. The van der Waals surface area contributed by atoms with Gasteiger partial charge in [0.2, 0.25) is 0 Å². The van der Waals surface area contributed by atoms with Crippen molar-refractivity contribution in [1.82, 2.24) is 19.2 Å². The van der Waals surface area contributed by atoms with Crippen LogP contribution in [0, 0.1) is 13.8 Å². The lowest BCUT2D eigenvalue weighted by Gasteiger charge is -2.31. The van der Waals surface area contributed by atoms with Crippen molar-refractivity contribution in [1.29, 1.82) is 0 Å². The fraction of sp³-hybridized carbons (Fsp3) is 0.346. The van der Waals surface area contributed by atoms with Crippen LogP contribution in [0.4, 0.5) is 0 Å². The predicted molar refractivity (Wildman–Crippen MR) is 127 cm³/mol. The molecule has 0 aliphatic carbocycles. The topological polar surface area (TPSA) is 87.4 Å². The Morgan fingerprint density at radius 2 is 1.79 bits per heavy atom. The molecular weight excluding hydrogens is 432 g/mol. The van der Waals surface area contributed by atoms with Crippen LogP contribution >= 0.6 is 0 Å². The van der Waals surface area contributed by atoms with Crippen molar-refractivity contribution in [2.24, 2.45) is 0 Å². The third-order valence-corrected chi connectivity index (χ3v) is 6.66. The van der Waals surface area contributed by atoms with Crippen LogP contribution < -0.4 is 0 Å². The quantitative estimate of drug-likeness (QED) is 0.358. The van der Waals surface area contributed by atoms with Gasteiger partial charge in [0.1, 0.15) is 11.3 Å². The molecule has 2 aliphatic heterocycles. The number of rotatable bonds is 5. The Balaban J connectivity index is 1.61. The van der Waals surface area contributed by atoms with Gasteiger partial charge in [0.25, 0.3) is 11.7 Å². The Hall–Kier alpha value is -3.49. The Morgan fingerprint density at radius 3 is 2.53 bits per heavy atom. The fourth-order valence-electron chi connectivity index (χ4n) is 4.90. The van der Waals surface area contributed by atoms with Crippen molar-refractivity contribution in [2.75, 3.05) is 39.4 Å². The Morgan fingerprint density at radius 1 is 1.06 bits per heavy atom. The SMILES string of the molecule is Cc1nc2c(C)cccn2c1C(O)=C1C(=O)C(=O)N(CCN2CCOCC2)C1c1ccccc1. The van der Waals surface area contributed by atoms with Crippen LogP contribution in [0.3, 0.4) is 0 Å². The number of carbonyl (C=O) groups is 2. The fourth-order valence-corrected chi connectivity index (χ4v) is 4.90. The van der Waals surface area contributed by atoms with E-state index in [1.807, 2.05) is 55.6 Å². The number of aromatic nitrogens is 2. The average Bonchev–Trinajstić information content (AvgIpc) is 3.33. The number of benzene rings is 1. The first kappa shape index (κ1) is 22.3. The van der Waals surface area contributed by atoms with E-state index in [-0.39, 0.29) is 11.3 Å². The van der Waals surface area contributed by atoms with Gasteiger partial charge in [0, 0.05) is 32.4 Å². The number of ether oxygens (including phenoxy) is 1. The Kier molecular flexibility index (Phi) is 5.93. The zero-order valence-electron chi connectivity index (χ0n) is 19.4. The van der Waals surface area contributed by atoms with E-state index >= 15 is 0 Å². The third-order valence-electron chi connectivity index (χ3n) is 6.66. The molecule has 0 bridgehead atoms. The van der Waals surface area contributed by atoms with E-state index in [1.165, 1.54) is 0 Å². The van der Waals surface area contributed by atoms with Crippen LogP contribution in [0.25, 0.3) is 11.4 Å². The summed E-state index contributed by atoms with van der Waals surface area (Å²) in [4.78, 5) is 35.0. The zero-order chi connectivity index (χ0) is 23.8. The van der Waals surface area contributed by atoms with E-state index in [4.69, 9.17) is 4.74 Å². The van der Waals surface area contributed by atoms with Crippen LogP contribution in [0.2, 0.25) is 0 Å². The first-order valence-corrected chi connectivity index (χ1v) is 11.6. The largest absolute Gasteiger partial charge is 0.505 e. The van der Waals surface area contributed by atoms with Gasteiger partial charge in [0.05, 0.1) is 30.5 Å². The summed E-state index contributed by atoms with van der Waals surface area (Å²) in [7, 11) is 0. The van der Waals surface area contributed by atoms with Gasteiger partial charge in [-0.05, 0) is 31.0 Å². The molecule has 2 fully saturated rings. The van der Waals surface area contributed by atoms with Gasteiger partial charge in [-0.2, -0.15) is 0 Å². The second-order valence-electron chi connectivity index (χ2n) is 8.79. The van der Waals surface area contributed by atoms with Gasteiger partial charge in [-0.15, -0.1) is 0 Å². The molecule has 0 spiro atoms. The number of pyridine rings is 1. The normalized spacial score (nSPS) is 21.0. The summed E-state index contributed by atoms with van der Waals surface area (Å²) in [5, 5.41) is 11.5. The zero-order valence-corrected chi connectivity index (χ0v) is 19.4. The summed E-state index contributed by atoms with van der Waals surface area (Å²) >= 11 is 0. The molecule has 1 unspecified atom stereocenters. The lowest BCUT2D eigenvalue weighted by molar-refractivity contribution is -0.140. The number of aliphatic hydroxyl groups excluding tert-OH is 1. The van der Waals surface area contributed by atoms with Crippen molar-refractivity contribution >= 4 is 23.1 Å². The molecule has 1 N–H and O–H groups in total. The number of ketones is 1. The van der Waals surface area contributed by atoms with Crippen LogP contribution in [0.5, 0.6) is 0 Å². The molecule has 1 atom stereocenters. The number of imidazole rings is 1. The number of hydrogen-bond donors (Lipinski definition) is 1. The highest BCUT2D eigenvalue weighted by atomic mass is 16.5. The lowest BCUT2D eigenvalue weighted by Crippen LogP contribution is -2.42. The van der Waals surface area contributed by atoms with Crippen LogP contribution in [0.15, 0.2) is 54.2 Å². The number of aliphatic hydroxyl groups is 1. The van der Waals surface area contributed by atoms with Gasteiger partial charge in [-0.25, -0.2) is 4.98 Å². The van der Waals surface area contributed by atoms with E-state index in [9.17, 15) is 14.7 Å². The number of fused-ring (bicyclic) bond motifs is 1. The third kappa shape index (κ3) is 3.78. The second kappa shape index (κ2) is 9.04. The second-order valence-corrected chi connectivity index (χ2v) is 8.79. The molecule has 2 saturated heterocycles. The van der Waals surface area contributed by atoms with Crippen molar-refractivity contribution in [3.05, 3.63) is 76.7 Å². The molecule has 8 nitrogen and oxygen atoms in total. The van der Waals surface area contributed by atoms with Crippen molar-refractivity contribution in [2.45, 2.75) is 19.9 Å². The van der Waals surface area contributed by atoms with Crippen molar-refractivity contribution in [3.63, 3.8) is 0 Å². The molecule has 2 aromatic heterocycles. The smallest absolute Gasteiger partial charge is 0.295 e. The average molecular weight is 461 g/mol. The molecule has 8 heteroatoms. The number of aryl methyl sites for hydroxylation is 2. The van der Waals surface area contributed by atoms with Gasteiger partial charge < -0.3 is 14.7 Å². The van der Waals surface area contributed by atoms with E-state index in [1.54, 1.807) is 16.2 Å². The molecule has 0 radical (unpaired) electrons. The summed E-state index contributed by atoms with van der Waals surface area (Å²) in [5.74, 6) is -1.46. The number of hydrogen-bond acceptors (Lipinski definition) is 6. The highest BCUT2D eigenvalue weighted by Gasteiger charge is 2.46. The van der Waals surface area contributed by atoms with Crippen LogP contribution in [0.1, 0.15) is 28.6 Å². The number of carbonyl (C=O) groups excluding carboxylic acids is 2. The van der Waals surface area contributed by atoms with E-state index in [0.29, 0.717) is 43.3 Å². The van der Waals surface area contributed by atoms with Gasteiger partial charge in [0.15, 0.2) is 5.76 Å². The number of morpholine rings is 1.